The number of hydrogen-bond acceptors (Lipinski definition) is 5. The molecule has 1 aromatic heterocycles. The second-order valence-electron chi connectivity index (χ2n) is 5.43. The number of ether oxygens (including phenoxy) is 1. The van der Waals surface area contributed by atoms with Crippen molar-refractivity contribution < 1.29 is 9.53 Å². The number of hydrogen-bond donors (Lipinski definition) is 0. The van der Waals surface area contributed by atoms with E-state index in [0.717, 1.165) is 23.3 Å². The summed E-state index contributed by atoms with van der Waals surface area (Å²) in [6, 6.07) is 16.7. The Bertz CT molecular complexity index is 845. The maximum atomic E-state index is 12.4. The Balaban J connectivity index is 1.61. The summed E-state index contributed by atoms with van der Waals surface area (Å²) in [7, 11) is 0. The van der Waals surface area contributed by atoms with Gasteiger partial charge in [0.2, 0.25) is 0 Å². The van der Waals surface area contributed by atoms with E-state index in [9.17, 15) is 4.79 Å². The van der Waals surface area contributed by atoms with Gasteiger partial charge in [-0.05, 0) is 50.2 Å². The van der Waals surface area contributed by atoms with E-state index in [0.29, 0.717) is 17.1 Å². The third kappa shape index (κ3) is 4.28. The molecule has 128 valence electrons. The van der Waals surface area contributed by atoms with Crippen molar-refractivity contribution >= 4 is 17.5 Å². The molecule has 0 saturated heterocycles. The van der Waals surface area contributed by atoms with E-state index in [1.54, 1.807) is 12.1 Å². The molecule has 0 aliphatic heterocycles. The Kier molecular flexibility index (Phi) is 5.50. The van der Waals surface area contributed by atoms with Crippen molar-refractivity contribution in [3.8, 4) is 11.5 Å². The van der Waals surface area contributed by atoms with Crippen LogP contribution in [0.15, 0.2) is 59.8 Å². The molecule has 0 atom stereocenters. The predicted molar refractivity (Wildman–Crippen MR) is 98.4 cm³/mol. The average molecular weight is 353 g/mol. The molecule has 0 fully saturated rings. The van der Waals surface area contributed by atoms with Gasteiger partial charge in [-0.1, -0.05) is 30.0 Å². The summed E-state index contributed by atoms with van der Waals surface area (Å²) >= 11 is 1.41. The summed E-state index contributed by atoms with van der Waals surface area (Å²) in [5.41, 5.74) is 0.659. The van der Waals surface area contributed by atoms with Crippen LogP contribution in [0.3, 0.4) is 0 Å². The van der Waals surface area contributed by atoms with Crippen LogP contribution >= 0.6 is 11.8 Å². The maximum absolute atomic E-state index is 12.4. The van der Waals surface area contributed by atoms with Crippen molar-refractivity contribution in [3.63, 3.8) is 0 Å². The molecular formula is C19H19N3O2S. The van der Waals surface area contributed by atoms with Gasteiger partial charge in [-0.2, -0.15) is 0 Å². The highest BCUT2D eigenvalue weighted by atomic mass is 32.2. The van der Waals surface area contributed by atoms with Gasteiger partial charge in [-0.25, -0.2) is 0 Å². The second kappa shape index (κ2) is 7.98. The summed E-state index contributed by atoms with van der Waals surface area (Å²) < 4.78 is 7.73. The van der Waals surface area contributed by atoms with Crippen LogP contribution in [0.4, 0.5) is 0 Å². The highest BCUT2D eigenvalue weighted by Gasteiger charge is 2.12. The molecule has 0 aliphatic rings. The maximum Gasteiger partial charge on any atom is 0.191 e. The quantitative estimate of drug-likeness (QED) is 0.466. The average Bonchev–Trinajstić information content (AvgIpc) is 3.01. The van der Waals surface area contributed by atoms with Crippen LogP contribution in [0.25, 0.3) is 0 Å². The first kappa shape index (κ1) is 17.2. The number of thioether (sulfide) groups is 1. The zero-order chi connectivity index (χ0) is 17.6. The predicted octanol–water partition coefficient (Wildman–Crippen LogP) is 4.37. The lowest BCUT2D eigenvalue weighted by Gasteiger charge is -2.07. The van der Waals surface area contributed by atoms with Crippen molar-refractivity contribution in [2.24, 2.45) is 0 Å². The molecule has 3 aromatic rings. The molecule has 6 heteroatoms. The monoisotopic (exact) mass is 353 g/mol. The van der Waals surface area contributed by atoms with Gasteiger partial charge in [0, 0.05) is 12.1 Å². The number of aryl methyl sites for hydroxylation is 1. The summed E-state index contributed by atoms with van der Waals surface area (Å²) in [5, 5.41) is 8.95. The Morgan fingerprint density at radius 1 is 1.04 bits per heavy atom. The molecule has 2 aromatic carbocycles. The number of carbonyl (C=O) groups excluding carboxylic acids is 1. The fourth-order valence-corrected chi connectivity index (χ4v) is 3.32. The van der Waals surface area contributed by atoms with Crippen LogP contribution in [0.5, 0.6) is 11.5 Å². The first-order chi connectivity index (χ1) is 12.2. The number of benzene rings is 2. The molecule has 0 saturated carbocycles. The summed E-state index contributed by atoms with van der Waals surface area (Å²) in [6.45, 7) is 4.74. The van der Waals surface area contributed by atoms with Gasteiger partial charge in [0.15, 0.2) is 10.9 Å². The minimum atomic E-state index is 0.0552. The lowest BCUT2D eigenvalue weighted by Crippen LogP contribution is -2.05. The molecule has 0 N–H and O–H groups in total. The molecule has 0 radical (unpaired) electrons. The molecule has 0 amide bonds. The Hall–Kier alpha value is -2.60. The van der Waals surface area contributed by atoms with Crippen molar-refractivity contribution in [2.75, 3.05) is 5.75 Å². The van der Waals surface area contributed by atoms with Gasteiger partial charge >= 0.3 is 0 Å². The van der Waals surface area contributed by atoms with Gasteiger partial charge in [-0.15, -0.1) is 10.2 Å². The lowest BCUT2D eigenvalue weighted by molar-refractivity contribution is 0.102. The molecule has 0 aliphatic carbocycles. The molecule has 1 heterocycles. The van der Waals surface area contributed by atoms with Crippen molar-refractivity contribution in [2.45, 2.75) is 25.5 Å². The van der Waals surface area contributed by atoms with Crippen LogP contribution in [-0.2, 0) is 6.54 Å². The lowest BCUT2D eigenvalue weighted by atomic mass is 10.1. The number of carbonyl (C=O) groups is 1. The summed E-state index contributed by atoms with van der Waals surface area (Å²) in [5.74, 6) is 2.72. The van der Waals surface area contributed by atoms with Crippen LogP contribution in [0.2, 0.25) is 0 Å². The smallest absolute Gasteiger partial charge is 0.191 e. The van der Waals surface area contributed by atoms with E-state index in [4.69, 9.17) is 4.74 Å². The van der Waals surface area contributed by atoms with E-state index >= 15 is 0 Å². The molecule has 0 unspecified atom stereocenters. The Morgan fingerprint density at radius 2 is 1.72 bits per heavy atom. The van der Waals surface area contributed by atoms with E-state index in [1.807, 2.05) is 60.9 Å². The van der Waals surface area contributed by atoms with Crippen LogP contribution in [0.1, 0.15) is 23.1 Å². The van der Waals surface area contributed by atoms with E-state index < -0.39 is 0 Å². The van der Waals surface area contributed by atoms with E-state index in [-0.39, 0.29) is 5.78 Å². The first-order valence-corrected chi connectivity index (χ1v) is 9.04. The van der Waals surface area contributed by atoms with Crippen molar-refractivity contribution in [3.05, 3.63) is 66.0 Å². The molecule has 25 heavy (non-hydrogen) atoms. The van der Waals surface area contributed by atoms with E-state index in [1.165, 1.54) is 11.8 Å². The number of nitrogens with zero attached hydrogens (tertiary/aromatic N) is 3. The van der Waals surface area contributed by atoms with Crippen molar-refractivity contribution in [1.82, 2.24) is 14.8 Å². The van der Waals surface area contributed by atoms with Crippen LogP contribution in [0, 0.1) is 6.92 Å². The summed E-state index contributed by atoms with van der Waals surface area (Å²) in [4.78, 5) is 12.4. The zero-order valence-electron chi connectivity index (χ0n) is 14.2. The summed E-state index contributed by atoms with van der Waals surface area (Å²) in [6.07, 6.45) is 0. The largest absolute Gasteiger partial charge is 0.457 e. The molecule has 0 bridgehead atoms. The number of rotatable bonds is 7. The number of para-hydroxylation sites is 1. The SMILES string of the molecule is CCn1c(C)nnc1SCC(=O)c1ccc(Oc2ccccc2)cc1. The molecule has 0 spiro atoms. The normalized spacial score (nSPS) is 10.6. The van der Waals surface area contributed by atoms with Crippen molar-refractivity contribution in [1.29, 1.82) is 0 Å². The van der Waals surface area contributed by atoms with Gasteiger partial charge < -0.3 is 9.30 Å². The standard InChI is InChI=1S/C19H19N3O2S/c1-3-22-14(2)20-21-19(22)25-13-18(23)15-9-11-17(12-10-15)24-16-7-5-4-6-8-16/h4-12H,3,13H2,1-2H3. The van der Waals surface area contributed by atoms with Gasteiger partial charge in [0.1, 0.15) is 17.3 Å². The first-order valence-electron chi connectivity index (χ1n) is 8.06. The highest BCUT2D eigenvalue weighted by Crippen LogP contribution is 2.23. The Labute approximate surface area is 151 Å². The van der Waals surface area contributed by atoms with Gasteiger partial charge in [-0.3, -0.25) is 4.79 Å². The fourth-order valence-electron chi connectivity index (χ4n) is 2.38. The number of ketones is 1. The molecule has 3 rings (SSSR count). The molecule has 5 nitrogen and oxygen atoms in total. The highest BCUT2D eigenvalue weighted by molar-refractivity contribution is 7.99. The van der Waals surface area contributed by atoms with Gasteiger partial charge in [0.25, 0.3) is 0 Å². The Morgan fingerprint density at radius 3 is 2.40 bits per heavy atom. The van der Waals surface area contributed by atoms with Crippen LogP contribution in [-0.4, -0.2) is 26.3 Å². The second-order valence-corrected chi connectivity index (χ2v) is 6.37. The fraction of sp³-hybridized carbons (Fsp3) is 0.211. The third-order valence-corrected chi connectivity index (χ3v) is 4.67. The van der Waals surface area contributed by atoms with Crippen LogP contribution < -0.4 is 4.74 Å². The molecular weight excluding hydrogens is 334 g/mol. The minimum Gasteiger partial charge on any atom is -0.457 e. The minimum absolute atomic E-state index is 0.0552. The van der Waals surface area contributed by atoms with E-state index in [2.05, 4.69) is 10.2 Å². The van der Waals surface area contributed by atoms with Gasteiger partial charge in [0.05, 0.1) is 5.75 Å². The topological polar surface area (TPSA) is 57.0 Å². The third-order valence-electron chi connectivity index (χ3n) is 3.71. The number of Topliss-reactive ketones (excluding diaryl/α,β-unsaturated/α-hetero) is 1. The zero-order valence-corrected chi connectivity index (χ0v) is 15.0. The number of aromatic nitrogens is 3.